The maximum Gasteiger partial charge on any atom is 0.202 e. The van der Waals surface area contributed by atoms with Crippen LogP contribution in [0, 0.1) is 0 Å². The fourth-order valence-corrected chi connectivity index (χ4v) is 5.69. The number of hydrogen-bond acceptors (Lipinski definition) is 12. The van der Waals surface area contributed by atoms with Gasteiger partial charge in [-0.25, -0.2) is 4.39 Å². The van der Waals surface area contributed by atoms with Crippen LogP contribution in [0.2, 0.25) is 0 Å². The number of carbonyl (C=O) groups is 3. The SMILES string of the molecule is COc1cccc2c1C(=O)c1c(O)c3c(c(O)c1C2=O)CC(O)(C(=O)CO)CC3OC1OC(C)C(N)C(O)C1F. The second-order valence-electron chi connectivity index (χ2n) is 10.2. The van der Waals surface area contributed by atoms with Crippen molar-refractivity contribution in [1.29, 1.82) is 0 Å². The van der Waals surface area contributed by atoms with Gasteiger partial charge < -0.3 is 45.5 Å². The number of alkyl halides is 1. The minimum absolute atomic E-state index is 0.0454. The molecule has 7 atom stereocenters. The normalized spacial score (nSPS) is 31.3. The number of methoxy groups -OCH3 is 1. The smallest absolute Gasteiger partial charge is 0.202 e. The Balaban J connectivity index is 1.70. The van der Waals surface area contributed by atoms with E-state index in [-0.39, 0.29) is 28.0 Å². The van der Waals surface area contributed by atoms with Crippen molar-refractivity contribution in [1.82, 2.24) is 0 Å². The molecule has 2 aliphatic carbocycles. The Labute approximate surface area is 226 Å². The number of fused-ring (bicyclic) bond motifs is 3. The average molecular weight is 562 g/mol. The van der Waals surface area contributed by atoms with Gasteiger partial charge in [0.2, 0.25) is 5.78 Å². The molecule has 1 fully saturated rings. The summed E-state index contributed by atoms with van der Waals surface area (Å²) in [4.78, 5) is 39.7. The highest BCUT2D eigenvalue weighted by atomic mass is 19.1. The van der Waals surface area contributed by atoms with Gasteiger partial charge in [0.1, 0.15) is 35.6 Å². The molecule has 0 aromatic heterocycles. The van der Waals surface area contributed by atoms with Crippen LogP contribution in [0.1, 0.15) is 62.4 Å². The summed E-state index contributed by atoms with van der Waals surface area (Å²) in [7, 11) is 1.29. The van der Waals surface area contributed by atoms with Crippen LogP contribution in [0.15, 0.2) is 18.2 Å². The minimum atomic E-state index is -2.38. The van der Waals surface area contributed by atoms with E-state index in [9.17, 15) is 39.9 Å². The molecule has 1 heterocycles. The van der Waals surface area contributed by atoms with Crippen molar-refractivity contribution in [3.63, 3.8) is 0 Å². The molecule has 0 saturated carbocycles. The van der Waals surface area contributed by atoms with Crippen LogP contribution >= 0.6 is 0 Å². The quantitative estimate of drug-likeness (QED) is 0.227. The molecule has 1 saturated heterocycles. The number of aromatic hydroxyl groups is 2. The highest BCUT2D eigenvalue weighted by molar-refractivity contribution is 6.31. The van der Waals surface area contributed by atoms with Crippen molar-refractivity contribution >= 4 is 17.3 Å². The second kappa shape index (κ2) is 9.87. The van der Waals surface area contributed by atoms with Crippen molar-refractivity contribution in [2.75, 3.05) is 13.7 Å². The molecule has 0 radical (unpaired) electrons. The summed E-state index contributed by atoms with van der Waals surface area (Å²) in [5, 5.41) is 53.7. The molecule has 5 rings (SSSR count). The number of carbonyl (C=O) groups excluding carboxylic acids is 3. The molecule has 13 heteroatoms. The number of phenolic OH excluding ortho intramolecular Hbond substituents is 2. The van der Waals surface area contributed by atoms with Crippen molar-refractivity contribution < 1.29 is 58.5 Å². The van der Waals surface area contributed by atoms with E-state index >= 15 is 4.39 Å². The van der Waals surface area contributed by atoms with Crippen LogP contribution in [-0.2, 0) is 20.7 Å². The third-order valence-electron chi connectivity index (χ3n) is 7.91. The van der Waals surface area contributed by atoms with Gasteiger partial charge in [-0.15, -0.1) is 0 Å². The number of aliphatic hydroxyl groups is 3. The van der Waals surface area contributed by atoms with Crippen molar-refractivity contribution in [3.8, 4) is 17.2 Å². The van der Waals surface area contributed by atoms with Crippen molar-refractivity contribution in [3.05, 3.63) is 51.6 Å². The van der Waals surface area contributed by atoms with Crippen LogP contribution in [-0.4, -0.2) is 92.9 Å². The Hall–Kier alpha value is -3.46. The highest BCUT2D eigenvalue weighted by Crippen LogP contribution is 2.52. The zero-order valence-corrected chi connectivity index (χ0v) is 21.5. The van der Waals surface area contributed by atoms with E-state index in [1.807, 2.05) is 0 Å². The van der Waals surface area contributed by atoms with E-state index in [1.165, 1.54) is 32.2 Å². The predicted octanol–water partition coefficient (Wildman–Crippen LogP) is -0.0507. The molecular weight excluding hydrogens is 533 g/mol. The lowest BCUT2D eigenvalue weighted by Gasteiger charge is -2.43. The number of hydrogen-bond donors (Lipinski definition) is 6. The molecule has 214 valence electrons. The maximum absolute atomic E-state index is 15.1. The summed E-state index contributed by atoms with van der Waals surface area (Å²) in [6.45, 7) is 0.364. The first-order valence-corrected chi connectivity index (χ1v) is 12.5. The molecule has 12 nitrogen and oxygen atoms in total. The topological polar surface area (TPSA) is 206 Å². The average Bonchev–Trinajstić information content (AvgIpc) is 2.94. The first kappa shape index (κ1) is 28.1. The van der Waals surface area contributed by atoms with Gasteiger partial charge in [-0.2, -0.15) is 0 Å². The summed E-state index contributed by atoms with van der Waals surface area (Å²) in [5.41, 5.74) is 1.39. The van der Waals surface area contributed by atoms with Crippen LogP contribution in [0.5, 0.6) is 17.2 Å². The van der Waals surface area contributed by atoms with Gasteiger partial charge in [-0.05, 0) is 13.0 Å². The Bertz CT molecular complexity index is 1430. The Morgan fingerprint density at radius 1 is 1.18 bits per heavy atom. The molecule has 7 unspecified atom stereocenters. The molecule has 0 spiro atoms. The predicted molar refractivity (Wildman–Crippen MR) is 132 cm³/mol. The van der Waals surface area contributed by atoms with Crippen LogP contribution < -0.4 is 10.5 Å². The number of benzene rings is 2. The number of halogens is 1. The van der Waals surface area contributed by atoms with Gasteiger partial charge >= 0.3 is 0 Å². The zero-order chi connectivity index (χ0) is 29.3. The van der Waals surface area contributed by atoms with Gasteiger partial charge in [0.15, 0.2) is 24.0 Å². The number of phenols is 2. The van der Waals surface area contributed by atoms with Gasteiger partial charge in [0.05, 0.1) is 42.0 Å². The Morgan fingerprint density at radius 3 is 2.50 bits per heavy atom. The largest absolute Gasteiger partial charge is 0.507 e. The molecule has 40 heavy (non-hydrogen) atoms. The third-order valence-corrected chi connectivity index (χ3v) is 7.91. The van der Waals surface area contributed by atoms with Crippen molar-refractivity contribution in [2.24, 2.45) is 5.73 Å². The Morgan fingerprint density at radius 2 is 1.85 bits per heavy atom. The fourth-order valence-electron chi connectivity index (χ4n) is 5.69. The molecule has 3 aliphatic rings. The number of rotatable bonds is 5. The monoisotopic (exact) mass is 561 g/mol. The Kier molecular flexibility index (Phi) is 6.93. The van der Waals surface area contributed by atoms with Gasteiger partial charge in [-0.3, -0.25) is 14.4 Å². The minimum Gasteiger partial charge on any atom is -0.507 e. The standard InChI is InChI=1S/C27H28FNO11/c1-9-20(29)25(36)19(28)26(39-9)40-13-7-27(37,14(31)8-30)6-11-16(13)24(35)18-17(22(11)33)21(32)10-4-3-5-12(38-2)15(10)23(18)34/h3-5,9,13,19-20,25-26,30,33,35-37H,6-8,29H2,1-2H3. The second-order valence-corrected chi connectivity index (χ2v) is 10.2. The molecule has 2 aromatic rings. The zero-order valence-electron chi connectivity index (χ0n) is 21.5. The molecule has 1 aliphatic heterocycles. The maximum atomic E-state index is 15.1. The number of Topliss-reactive ketones (excluding diaryl/α,β-unsaturated/α-hetero) is 1. The van der Waals surface area contributed by atoms with Gasteiger partial charge in [-0.1, -0.05) is 12.1 Å². The lowest BCUT2D eigenvalue weighted by Crippen LogP contribution is -2.59. The van der Waals surface area contributed by atoms with E-state index in [0.29, 0.717) is 0 Å². The lowest BCUT2D eigenvalue weighted by atomic mass is 9.72. The summed E-state index contributed by atoms with van der Waals surface area (Å²) >= 11 is 0. The van der Waals surface area contributed by atoms with Crippen LogP contribution in [0.4, 0.5) is 4.39 Å². The number of nitrogens with two attached hydrogens (primary N) is 1. The van der Waals surface area contributed by atoms with Crippen LogP contribution in [0.25, 0.3) is 0 Å². The summed E-state index contributed by atoms with van der Waals surface area (Å²) in [5.74, 6) is -4.30. The van der Waals surface area contributed by atoms with E-state index in [4.69, 9.17) is 19.9 Å². The first-order valence-electron chi connectivity index (χ1n) is 12.5. The molecule has 0 bridgehead atoms. The summed E-state index contributed by atoms with van der Waals surface area (Å²) < 4.78 is 31.5. The number of aliphatic hydroxyl groups excluding tert-OH is 2. The molecule has 7 N–H and O–H groups in total. The third kappa shape index (κ3) is 4.00. The first-order chi connectivity index (χ1) is 18.9. The van der Waals surface area contributed by atoms with Crippen LogP contribution in [0.3, 0.4) is 0 Å². The lowest BCUT2D eigenvalue weighted by molar-refractivity contribution is -0.273. The number of ketones is 3. The summed E-state index contributed by atoms with van der Waals surface area (Å²) in [6, 6.07) is 3.15. The van der Waals surface area contributed by atoms with E-state index in [2.05, 4.69) is 0 Å². The van der Waals surface area contributed by atoms with Gasteiger partial charge in [0, 0.05) is 29.5 Å². The van der Waals surface area contributed by atoms with E-state index in [0.717, 1.165) is 0 Å². The number of ether oxygens (including phenoxy) is 3. The van der Waals surface area contributed by atoms with E-state index in [1.54, 1.807) is 0 Å². The molecular formula is C27H28FNO11. The van der Waals surface area contributed by atoms with Crippen molar-refractivity contribution in [2.45, 2.75) is 62.2 Å². The fraction of sp³-hybridized carbons (Fsp3) is 0.444. The summed E-state index contributed by atoms with van der Waals surface area (Å²) in [6.07, 6.45) is -9.52. The molecule has 0 amide bonds. The van der Waals surface area contributed by atoms with E-state index < -0.39 is 102 Å². The van der Waals surface area contributed by atoms with Gasteiger partial charge in [0.25, 0.3) is 0 Å². The highest BCUT2D eigenvalue weighted by Gasteiger charge is 2.51. The molecule has 2 aromatic carbocycles.